The lowest BCUT2D eigenvalue weighted by molar-refractivity contribution is 0.175. The number of imidazole rings is 1. The molecule has 130 valence electrons. The van der Waals surface area contributed by atoms with E-state index in [1.54, 1.807) is 0 Å². The number of aromatic nitrogens is 5. The van der Waals surface area contributed by atoms with Crippen molar-refractivity contribution in [1.29, 1.82) is 0 Å². The highest BCUT2D eigenvalue weighted by Gasteiger charge is 2.47. The van der Waals surface area contributed by atoms with Gasteiger partial charge in [-0.1, -0.05) is 18.1 Å². The highest BCUT2D eigenvalue weighted by atomic mass is 15.6. The lowest BCUT2D eigenvalue weighted by Gasteiger charge is -2.45. The van der Waals surface area contributed by atoms with Crippen molar-refractivity contribution in [2.24, 2.45) is 16.9 Å². The zero-order valence-electron chi connectivity index (χ0n) is 14.1. The van der Waals surface area contributed by atoms with E-state index < -0.39 is 0 Å². The van der Waals surface area contributed by atoms with E-state index in [1.165, 1.54) is 38.5 Å². The minimum absolute atomic E-state index is 0.195. The van der Waals surface area contributed by atoms with Crippen LogP contribution in [0.2, 0.25) is 0 Å². The molecule has 0 amide bonds. The van der Waals surface area contributed by atoms with Crippen molar-refractivity contribution in [3.8, 4) is 0 Å². The second kappa shape index (κ2) is 5.06. The van der Waals surface area contributed by atoms with Crippen LogP contribution in [0.3, 0.4) is 0 Å². The van der Waals surface area contributed by atoms with Gasteiger partial charge in [-0.05, 0) is 38.0 Å². The minimum Gasteiger partial charge on any atom is -0.314 e. The van der Waals surface area contributed by atoms with Crippen molar-refractivity contribution < 1.29 is 0 Å². The minimum atomic E-state index is 0.195. The van der Waals surface area contributed by atoms with Gasteiger partial charge in [0.2, 0.25) is 0 Å². The van der Waals surface area contributed by atoms with Gasteiger partial charge in [0.05, 0.1) is 24.4 Å². The van der Waals surface area contributed by atoms with Gasteiger partial charge < -0.3 is 4.57 Å². The monoisotopic (exact) mass is 338 g/mol. The van der Waals surface area contributed by atoms with Crippen molar-refractivity contribution >= 4 is 11.8 Å². The topological polar surface area (TPSA) is 76.2 Å². The molecule has 8 nitrogen and oxygen atoms in total. The first-order chi connectivity index (χ1) is 12.4. The number of anilines is 1. The van der Waals surface area contributed by atoms with E-state index in [0.29, 0.717) is 12.0 Å². The molecule has 0 bridgehead atoms. The Hall–Kier alpha value is -2.38. The lowest BCUT2D eigenvalue weighted by Crippen LogP contribution is -2.54. The van der Waals surface area contributed by atoms with Crippen molar-refractivity contribution in [3.63, 3.8) is 0 Å². The van der Waals surface area contributed by atoms with Crippen LogP contribution in [0.1, 0.15) is 50.3 Å². The molecule has 0 aromatic carbocycles. The Labute approximate surface area is 145 Å². The Morgan fingerprint density at radius 3 is 3.00 bits per heavy atom. The summed E-state index contributed by atoms with van der Waals surface area (Å²) in [6, 6.07) is 0.524. The smallest absolute Gasteiger partial charge is 0.252 e. The van der Waals surface area contributed by atoms with Gasteiger partial charge >= 0.3 is 0 Å². The molecule has 2 aliphatic heterocycles. The van der Waals surface area contributed by atoms with E-state index >= 15 is 0 Å². The van der Waals surface area contributed by atoms with Crippen molar-refractivity contribution in [3.05, 3.63) is 24.4 Å². The summed E-state index contributed by atoms with van der Waals surface area (Å²) in [6.45, 7) is 0. The first-order valence-corrected chi connectivity index (χ1v) is 9.44. The average molecular weight is 338 g/mol. The SMILES string of the molecule is c1ncn2c1N1C(n3cc(CC4CC4)nn3)=NNC1C1CCCCC12. The van der Waals surface area contributed by atoms with Crippen LogP contribution in [0.25, 0.3) is 0 Å². The van der Waals surface area contributed by atoms with Gasteiger partial charge in [0, 0.05) is 12.0 Å². The molecule has 3 unspecified atom stereocenters. The predicted octanol–water partition coefficient (Wildman–Crippen LogP) is 1.73. The molecule has 2 fully saturated rings. The molecular weight excluding hydrogens is 316 g/mol. The van der Waals surface area contributed by atoms with Gasteiger partial charge in [0.25, 0.3) is 5.96 Å². The van der Waals surface area contributed by atoms with Crippen LogP contribution >= 0.6 is 0 Å². The number of hydrazone groups is 1. The highest BCUT2D eigenvalue weighted by Crippen LogP contribution is 2.45. The van der Waals surface area contributed by atoms with Crippen molar-refractivity contribution in [2.75, 3.05) is 4.90 Å². The van der Waals surface area contributed by atoms with Gasteiger partial charge in [-0.2, -0.15) is 4.68 Å². The molecule has 4 aliphatic rings. The molecule has 2 aliphatic carbocycles. The largest absolute Gasteiger partial charge is 0.314 e. The molecule has 6 rings (SSSR count). The van der Waals surface area contributed by atoms with E-state index in [0.717, 1.165) is 29.8 Å². The van der Waals surface area contributed by atoms with Gasteiger partial charge in [0.1, 0.15) is 12.0 Å². The maximum Gasteiger partial charge on any atom is 0.252 e. The second-order valence-electron chi connectivity index (χ2n) is 7.83. The third-order valence-corrected chi connectivity index (χ3v) is 6.17. The van der Waals surface area contributed by atoms with Gasteiger partial charge in [-0.25, -0.2) is 4.98 Å². The Balaban J connectivity index is 1.37. The average Bonchev–Trinajstić information content (AvgIpc) is 3.06. The van der Waals surface area contributed by atoms with Crippen LogP contribution in [-0.4, -0.2) is 36.7 Å². The summed E-state index contributed by atoms with van der Waals surface area (Å²) in [7, 11) is 0. The molecule has 4 heterocycles. The molecule has 1 N–H and O–H groups in total. The van der Waals surface area contributed by atoms with Crippen LogP contribution in [-0.2, 0) is 6.42 Å². The van der Waals surface area contributed by atoms with Crippen molar-refractivity contribution in [1.82, 2.24) is 30.0 Å². The van der Waals surface area contributed by atoms with Crippen LogP contribution in [0, 0.1) is 11.8 Å². The molecular formula is C17H22N8. The fraction of sp³-hybridized carbons (Fsp3) is 0.647. The Morgan fingerprint density at radius 2 is 2.08 bits per heavy atom. The first-order valence-electron chi connectivity index (χ1n) is 9.44. The maximum absolute atomic E-state index is 4.64. The fourth-order valence-electron chi connectivity index (χ4n) is 4.75. The molecule has 3 atom stereocenters. The van der Waals surface area contributed by atoms with E-state index in [1.807, 2.05) is 23.4 Å². The molecule has 0 radical (unpaired) electrons. The summed E-state index contributed by atoms with van der Waals surface area (Å²) in [5, 5.41) is 13.4. The zero-order valence-corrected chi connectivity index (χ0v) is 14.1. The summed E-state index contributed by atoms with van der Waals surface area (Å²) in [5.41, 5.74) is 4.45. The molecule has 2 aromatic heterocycles. The van der Waals surface area contributed by atoms with Crippen LogP contribution in [0.4, 0.5) is 5.82 Å². The van der Waals surface area contributed by atoms with E-state index in [2.05, 4.69) is 35.3 Å². The van der Waals surface area contributed by atoms with Crippen LogP contribution in [0.15, 0.2) is 23.8 Å². The highest BCUT2D eigenvalue weighted by molar-refractivity contribution is 5.98. The molecule has 8 heteroatoms. The van der Waals surface area contributed by atoms with Gasteiger partial charge in [0.15, 0.2) is 0 Å². The lowest BCUT2D eigenvalue weighted by atomic mass is 9.80. The van der Waals surface area contributed by atoms with Crippen molar-refractivity contribution in [2.45, 2.75) is 57.2 Å². The molecule has 0 spiro atoms. The quantitative estimate of drug-likeness (QED) is 0.902. The number of rotatable bonds is 2. The molecule has 2 aromatic rings. The zero-order chi connectivity index (χ0) is 16.4. The van der Waals surface area contributed by atoms with E-state index in [-0.39, 0.29) is 6.17 Å². The Bertz CT molecular complexity index is 831. The maximum atomic E-state index is 4.64. The summed E-state index contributed by atoms with van der Waals surface area (Å²) in [6.07, 6.45) is 14.9. The number of fused-ring (bicyclic) bond motifs is 6. The van der Waals surface area contributed by atoms with E-state index in [4.69, 9.17) is 0 Å². The van der Waals surface area contributed by atoms with E-state index in [9.17, 15) is 0 Å². The molecule has 0 saturated heterocycles. The summed E-state index contributed by atoms with van der Waals surface area (Å²) in [4.78, 5) is 6.69. The number of nitrogens with zero attached hydrogens (tertiary/aromatic N) is 7. The fourth-order valence-corrected chi connectivity index (χ4v) is 4.75. The number of nitrogens with one attached hydrogen (secondary N) is 1. The number of hydrogen-bond donors (Lipinski definition) is 1. The summed E-state index contributed by atoms with van der Waals surface area (Å²) in [5.74, 6) is 3.27. The second-order valence-corrected chi connectivity index (χ2v) is 7.83. The Kier molecular flexibility index (Phi) is 2.81. The first kappa shape index (κ1) is 13.9. The van der Waals surface area contributed by atoms with Gasteiger partial charge in [-0.15, -0.1) is 10.2 Å². The Morgan fingerprint density at radius 1 is 1.16 bits per heavy atom. The standard InChI is InChI=1S/C17H22N8/c1-2-4-14-13(3-1)16-20-21-17(25(16)15-8-18-10-23(14)15)24-9-12(19-22-24)7-11-5-6-11/h8-11,13-14,16,20H,1-7H2. The summed E-state index contributed by atoms with van der Waals surface area (Å²) >= 11 is 0. The van der Waals surface area contributed by atoms with Gasteiger partial charge in [-0.3, -0.25) is 10.3 Å². The van der Waals surface area contributed by atoms with Crippen LogP contribution < -0.4 is 10.3 Å². The third-order valence-electron chi connectivity index (χ3n) is 6.17. The molecule has 2 saturated carbocycles. The third kappa shape index (κ3) is 2.06. The normalized spacial score (nSPS) is 30.3. The van der Waals surface area contributed by atoms with Crippen LogP contribution in [0.5, 0.6) is 0 Å². The predicted molar refractivity (Wildman–Crippen MR) is 91.9 cm³/mol. The molecule has 25 heavy (non-hydrogen) atoms. The number of hydrogen-bond acceptors (Lipinski definition) is 6. The summed E-state index contributed by atoms with van der Waals surface area (Å²) < 4.78 is 4.16.